The van der Waals surface area contributed by atoms with Gasteiger partial charge >= 0.3 is 0 Å². The highest BCUT2D eigenvalue weighted by Gasteiger charge is 2.16. The van der Waals surface area contributed by atoms with Gasteiger partial charge in [-0.2, -0.15) is 5.26 Å². The Hall–Kier alpha value is -0.590. The highest BCUT2D eigenvalue weighted by atomic mass is 16.3. The van der Waals surface area contributed by atoms with E-state index in [4.69, 9.17) is 10.4 Å². The Morgan fingerprint density at radius 3 is 2.45 bits per heavy atom. The molecule has 0 rings (SSSR count). The Kier molecular flexibility index (Phi) is 4.84. The first-order chi connectivity index (χ1) is 5.17. The minimum Gasteiger partial charge on any atom is -0.395 e. The third kappa shape index (κ3) is 2.87. The van der Waals surface area contributed by atoms with Crippen LogP contribution in [0.1, 0.15) is 20.3 Å². The lowest BCUT2D eigenvalue weighted by Gasteiger charge is -2.26. The zero-order valence-corrected chi connectivity index (χ0v) is 7.41. The van der Waals surface area contributed by atoms with Gasteiger partial charge in [-0.3, -0.25) is 4.90 Å². The summed E-state index contributed by atoms with van der Waals surface area (Å²) >= 11 is 0. The maximum absolute atomic E-state index is 8.79. The minimum absolute atomic E-state index is 0.0691. The molecule has 0 saturated carbocycles. The van der Waals surface area contributed by atoms with Gasteiger partial charge in [-0.1, -0.05) is 6.92 Å². The molecular formula is C8H16N2O. The van der Waals surface area contributed by atoms with E-state index >= 15 is 0 Å². The number of aliphatic hydroxyl groups excluding tert-OH is 1. The number of aliphatic hydroxyl groups is 1. The molecule has 1 N–H and O–H groups in total. The number of hydrogen-bond acceptors (Lipinski definition) is 3. The summed E-state index contributed by atoms with van der Waals surface area (Å²) in [6, 6.07) is 2.18. The van der Waals surface area contributed by atoms with Crippen molar-refractivity contribution in [3.8, 4) is 6.07 Å². The lowest BCUT2D eigenvalue weighted by Crippen LogP contribution is -2.39. The molecule has 3 heteroatoms. The maximum atomic E-state index is 8.79. The van der Waals surface area contributed by atoms with Gasteiger partial charge in [0, 0.05) is 6.04 Å². The van der Waals surface area contributed by atoms with Crippen LogP contribution >= 0.6 is 0 Å². The molecule has 64 valence electrons. The second kappa shape index (κ2) is 5.11. The van der Waals surface area contributed by atoms with Crippen molar-refractivity contribution in [1.29, 1.82) is 5.26 Å². The first-order valence-corrected chi connectivity index (χ1v) is 3.89. The number of nitrogens with zero attached hydrogens (tertiary/aromatic N) is 2. The summed E-state index contributed by atoms with van der Waals surface area (Å²) < 4.78 is 0. The molecule has 11 heavy (non-hydrogen) atoms. The van der Waals surface area contributed by atoms with Gasteiger partial charge in [-0.25, -0.2) is 0 Å². The first-order valence-electron chi connectivity index (χ1n) is 3.89. The monoisotopic (exact) mass is 156 g/mol. The topological polar surface area (TPSA) is 47.3 Å². The van der Waals surface area contributed by atoms with Crippen LogP contribution in [0.15, 0.2) is 0 Å². The predicted octanol–water partition coefficient (Wildman–Crippen LogP) is 0.601. The normalized spacial score (nSPS) is 16.0. The molecule has 0 aromatic heterocycles. The molecule has 0 spiro atoms. The van der Waals surface area contributed by atoms with Crippen LogP contribution < -0.4 is 0 Å². The first kappa shape index (κ1) is 10.4. The van der Waals surface area contributed by atoms with Gasteiger partial charge in [0.2, 0.25) is 0 Å². The average molecular weight is 156 g/mol. The van der Waals surface area contributed by atoms with Crippen LogP contribution in [0.4, 0.5) is 0 Å². The van der Waals surface area contributed by atoms with Crippen LogP contribution in [-0.2, 0) is 0 Å². The van der Waals surface area contributed by atoms with E-state index in [1.165, 1.54) is 0 Å². The van der Waals surface area contributed by atoms with E-state index < -0.39 is 0 Å². The molecule has 2 atom stereocenters. The molecule has 0 aliphatic rings. The summed E-state index contributed by atoms with van der Waals surface area (Å²) in [5.41, 5.74) is 0. The molecule has 0 aromatic rings. The largest absolute Gasteiger partial charge is 0.395 e. The fourth-order valence-corrected chi connectivity index (χ4v) is 0.906. The van der Waals surface area contributed by atoms with Crippen molar-refractivity contribution in [3.05, 3.63) is 0 Å². The van der Waals surface area contributed by atoms with Crippen molar-refractivity contribution in [2.45, 2.75) is 32.4 Å². The van der Waals surface area contributed by atoms with Gasteiger partial charge in [-0.15, -0.1) is 0 Å². The van der Waals surface area contributed by atoms with Crippen molar-refractivity contribution in [2.24, 2.45) is 0 Å². The zero-order valence-electron chi connectivity index (χ0n) is 7.41. The summed E-state index contributed by atoms with van der Waals surface area (Å²) in [6.07, 6.45) is 0.803. The molecular weight excluding hydrogens is 140 g/mol. The van der Waals surface area contributed by atoms with Crippen molar-refractivity contribution in [2.75, 3.05) is 13.7 Å². The van der Waals surface area contributed by atoms with E-state index in [2.05, 4.69) is 6.07 Å². The SMILES string of the molecule is CCC(C#N)N(C)C(C)CO. The standard InChI is InChI=1S/C8H16N2O/c1-4-8(5-9)10(3)7(2)6-11/h7-8,11H,4,6H2,1-3H3. The molecule has 2 unspecified atom stereocenters. The maximum Gasteiger partial charge on any atom is 0.0975 e. The van der Waals surface area contributed by atoms with E-state index in [0.29, 0.717) is 0 Å². The quantitative estimate of drug-likeness (QED) is 0.648. The summed E-state index contributed by atoms with van der Waals surface area (Å²) in [7, 11) is 1.86. The molecule has 0 bridgehead atoms. The number of nitriles is 1. The molecule has 0 heterocycles. The van der Waals surface area contributed by atoms with E-state index in [0.717, 1.165) is 6.42 Å². The fourth-order valence-electron chi connectivity index (χ4n) is 0.906. The van der Waals surface area contributed by atoms with Gasteiger partial charge < -0.3 is 5.11 Å². The third-order valence-corrected chi connectivity index (χ3v) is 1.99. The van der Waals surface area contributed by atoms with Crippen LogP contribution in [0.5, 0.6) is 0 Å². The van der Waals surface area contributed by atoms with Crippen LogP contribution in [0, 0.1) is 11.3 Å². The molecule has 0 aliphatic carbocycles. The average Bonchev–Trinajstić information content (AvgIpc) is 2.05. The lowest BCUT2D eigenvalue weighted by molar-refractivity contribution is 0.138. The number of likely N-dealkylation sites (N-methyl/N-ethyl adjacent to an activating group) is 1. The van der Waals surface area contributed by atoms with Gasteiger partial charge in [0.15, 0.2) is 0 Å². The van der Waals surface area contributed by atoms with Crippen molar-refractivity contribution < 1.29 is 5.11 Å². The second-order valence-corrected chi connectivity index (χ2v) is 2.75. The fraction of sp³-hybridized carbons (Fsp3) is 0.875. The highest BCUT2D eigenvalue weighted by molar-refractivity contribution is 4.90. The Morgan fingerprint density at radius 1 is 1.64 bits per heavy atom. The van der Waals surface area contributed by atoms with Gasteiger partial charge in [-0.05, 0) is 20.4 Å². The van der Waals surface area contributed by atoms with E-state index in [-0.39, 0.29) is 18.7 Å². The van der Waals surface area contributed by atoms with Crippen LogP contribution in [0.25, 0.3) is 0 Å². The molecule has 0 aliphatic heterocycles. The van der Waals surface area contributed by atoms with Gasteiger partial charge in [0.25, 0.3) is 0 Å². The molecule has 0 amide bonds. The van der Waals surface area contributed by atoms with Crippen LogP contribution in [0.3, 0.4) is 0 Å². The van der Waals surface area contributed by atoms with Crippen molar-refractivity contribution in [1.82, 2.24) is 4.90 Å². The molecule has 3 nitrogen and oxygen atoms in total. The molecule has 0 saturated heterocycles. The second-order valence-electron chi connectivity index (χ2n) is 2.75. The summed E-state index contributed by atoms with van der Waals surface area (Å²) in [5.74, 6) is 0. The Bertz CT molecular complexity index is 142. The Labute approximate surface area is 68.2 Å². The molecule has 0 aromatic carbocycles. The van der Waals surface area contributed by atoms with E-state index in [9.17, 15) is 0 Å². The summed E-state index contributed by atoms with van der Waals surface area (Å²) in [4.78, 5) is 1.89. The number of rotatable bonds is 4. The minimum atomic E-state index is -0.0721. The van der Waals surface area contributed by atoms with E-state index in [1.54, 1.807) is 0 Å². The van der Waals surface area contributed by atoms with Crippen LogP contribution in [0.2, 0.25) is 0 Å². The smallest absolute Gasteiger partial charge is 0.0975 e. The van der Waals surface area contributed by atoms with Gasteiger partial charge in [0.05, 0.1) is 18.7 Å². The summed E-state index contributed by atoms with van der Waals surface area (Å²) in [6.45, 7) is 3.98. The Balaban J connectivity index is 3.99. The lowest BCUT2D eigenvalue weighted by atomic mass is 10.2. The molecule has 0 fully saturated rings. The predicted molar refractivity (Wildman–Crippen MR) is 44.0 cm³/mol. The highest BCUT2D eigenvalue weighted by Crippen LogP contribution is 2.04. The van der Waals surface area contributed by atoms with Crippen LogP contribution in [-0.4, -0.2) is 35.7 Å². The zero-order chi connectivity index (χ0) is 8.85. The number of hydrogen-bond donors (Lipinski definition) is 1. The van der Waals surface area contributed by atoms with Crippen molar-refractivity contribution >= 4 is 0 Å². The third-order valence-electron chi connectivity index (χ3n) is 1.99. The Morgan fingerprint density at radius 2 is 2.18 bits per heavy atom. The molecule has 0 radical (unpaired) electrons. The van der Waals surface area contributed by atoms with Crippen molar-refractivity contribution in [3.63, 3.8) is 0 Å². The summed E-state index contributed by atoms with van der Waals surface area (Å²) in [5, 5.41) is 17.5. The van der Waals surface area contributed by atoms with Gasteiger partial charge in [0.1, 0.15) is 0 Å². The van der Waals surface area contributed by atoms with E-state index in [1.807, 2.05) is 25.8 Å².